The molecule has 3 heterocycles. The molecule has 2 N–H and O–H groups in total. The van der Waals surface area contributed by atoms with Crippen LogP contribution in [0.1, 0.15) is 70.1 Å². The van der Waals surface area contributed by atoms with E-state index in [1.165, 1.54) is 23.1 Å². The van der Waals surface area contributed by atoms with Crippen molar-refractivity contribution in [2.45, 2.75) is 56.4 Å². The highest BCUT2D eigenvalue weighted by atomic mass is 35.5. The van der Waals surface area contributed by atoms with Crippen molar-refractivity contribution < 1.29 is 28.0 Å². The van der Waals surface area contributed by atoms with E-state index in [0.717, 1.165) is 12.3 Å². The average molecular weight is 503 g/mol. The van der Waals surface area contributed by atoms with Crippen LogP contribution in [0.25, 0.3) is 0 Å². The molecular weight excluding hydrogens is 482 g/mol. The van der Waals surface area contributed by atoms with E-state index in [1.54, 1.807) is 0 Å². The Kier molecular flexibility index (Phi) is 5.79. The molecule has 2 aromatic rings. The summed E-state index contributed by atoms with van der Waals surface area (Å²) in [7, 11) is 0. The summed E-state index contributed by atoms with van der Waals surface area (Å²) in [6.45, 7) is 0.101. The Morgan fingerprint density at radius 2 is 2.03 bits per heavy atom. The molecule has 1 aromatic heterocycles. The van der Waals surface area contributed by atoms with Crippen molar-refractivity contribution in [2.75, 3.05) is 0 Å². The first-order valence-corrected chi connectivity index (χ1v) is 11.6. The average Bonchev–Trinajstić information content (AvgIpc) is 3.12. The zero-order valence-corrected chi connectivity index (χ0v) is 19.2. The number of alkyl halides is 1. The lowest BCUT2D eigenvalue weighted by Crippen LogP contribution is -2.52. The molecule has 1 saturated heterocycles. The first kappa shape index (κ1) is 23.3. The number of imide groups is 1. The van der Waals surface area contributed by atoms with E-state index in [2.05, 4.69) is 15.6 Å². The van der Waals surface area contributed by atoms with Gasteiger partial charge < -0.3 is 10.2 Å². The highest BCUT2D eigenvalue weighted by Crippen LogP contribution is 2.46. The summed E-state index contributed by atoms with van der Waals surface area (Å²) in [6, 6.07) is 3.54. The molecule has 182 valence electrons. The van der Waals surface area contributed by atoms with Crippen LogP contribution in [0.5, 0.6) is 0 Å². The number of hydrogen-bond donors (Lipinski definition) is 2. The predicted molar refractivity (Wildman–Crippen MR) is 120 cm³/mol. The van der Waals surface area contributed by atoms with Gasteiger partial charge in [-0.15, -0.1) is 0 Å². The fourth-order valence-electron chi connectivity index (χ4n) is 4.81. The number of carbonyl (C=O) groups excluding carboxylic acids is 4. The summed E-state index contributed by atoms with van der Waals surface area (Å²) in [6.07, 6.45) is 2.33. The van der Waals surface area contributed by atoms with E-state index >= 15 is 4.39 Å². The van der Waals surface area contributed by atoms with Gasteiger partial charge in [-0.05, 0) is 55.5 Å². The summed E-state index contributed by atoms with van der Waals surface area (Å²) in [5.74, 6) is -2.54. The zero-order valence-electron chi connectivity index (χ0n) is 18.4. The standard InChI is InChI=1S/C24H21ClF2N4O4/c25-16-9-14(26)10-28-19(16)20(24(27)6-1-7-24)30-21(33)12-2-3-15-13(8-12)11-31(23(15)35)17-4-5-18(32)29-22(17)34/h2-3,8-10,17,20H,1,4-7,11H2,(H,30,33)(H,29,32,34)/t17-,20+/m0/s1. The molecule has 2 aliphatic heterocycles. The smallest absolute Gasteiger partial charge is 0.255 e. The van der Waals surface area contributed by atoms with Gasteiger partial charge in [0, 0.05) is 24.1 Å². The number of fused-ring (bicyclic) bond motifs is 1. The first-order chi connectivity index (χ1) is 16.7. The second-order valence-electron chi connectivity index (χ2n) is 9.09. The molecule has 4 amide bonds. The predicted octanol–water partition coefficient (Wildman–Crippen LogP) is 3.00. The fourth-order valence-corrected chi connectivity index (χ4v) is 5.08. The molecule has 35 heavy (non-hydrogen) atoms. The van der Waals surface area contributed by atoms with Crippen molar-refractivity contribution in [3.05, 3.63) is 63.7 Å². The molecule has 1 aromatic carbocycles. The lowest BCUT2D eigenvalue weighted by molar-refractivity contribution is -0.136. The highest BCUT2D eigenvalue weighted by Gasteiger charge is 2.48. The molecule has 0 radical (unpaired) electrons. The van der Waals surface area contributed by atoms with Crippen LogP contribution in [0.2, 0.25) is 5.02 Å². The van der Waals surface area contributed by atoms with E-state index < -0.39 is 35.4 Å². The quantitative estimate of drug-likeness (QED) is 0.611. The highest BCUT2D eigenvalue weighted by molar-refractivity contribution is 6.31. The van der Waals surface area contributed by atoms with Crippen molar-refractivity contribution >= 4 is 35.2 Å². The topological polar surface area (TPSA) is 108 Å². The SMILES string of the molecule is O=C1CC[C@H](N2Cc3cc(C(=O)N[C@H](c4ncc(F)cc4Cl)C4(F)CCC4)ccc3C2=O)C(=O)N1. The number of amides is 4. The molecule has 1 saturated carbocycles. The molecule has 2 fully saturated rings. The molecule has 0 spiro atoms. The van der Waals surface area contributed by atoms with E-state index in [0.29, 0.717) is 17.5 Å². The number of benzene rings is 1. The van der Waals surface area contributed by atoms with Gasteiger partial charge in [-0.1, -0.05) is 11.6 Å². The van der Waals surface area contributed by atoms with Crippen LogP contribution in [0, 0.1) is 5.82 Å². The lowest BCUT2D eigenvalue weighted by Gasteiger charge is -2.40. The van der Waals surface area contributed by atoms with Gasteiger partial charge in [0.25, 0.3) is 11.8 Å². The first-order valence-electron chi connectivity index (χ1n) is 11.2. The Labute approximate surface area is 204 Å². The van der Waals surface area contributed by atoms with Gasteiger partial charge in [-0.2, -0.15) is 0 Å². The third kappa shape index (κ3) is 4.16. The van der Waals surface area contributed by atoms with Crippen molar-refractivity contribution in [2.24, 2.45) is 0 Å². The third-order valence-corrected chi connectivity index (χ3v) is 7.18. The van der Waals surface area contributed by atoms with Crippen LogP contribution in [0.15, 0.2) is 30.5 Å². The largest absolute Gasteiger partial charge is 0.340 e. The number of hydrogen-bond acceptors (Lipinski definition) is 5. The van der Waals surface area contributed by atoms with E-state index in [9.17, 15) is 23.6 Å². The van der Waals surface area contributed by atoms with E-state index in [-0.39, 0.29) is 60.3 Å². The monoisotopic (exact) mass is 502 g/mol. The Hall–Kier alpha value is -3.40. The number of nitrogens with zero attached hydrogens (tertiary/aromatic N) is 2. The molecule has 11 heteroatoms. The summed E-state index contributed by atoms with van der Waals surface area (Å²) < 4.78 is 29.0. The van der Waals surface area contributed by atoms with E-state index in [1.807, 2.05) is 0 Å². The van der Waals surface area contributed by atoms with Crippen LogP contribution < -0.4 is 10.6 Å². The number of carbonyl (C=O) groups is 4. The van der Waals surface area contributed by atoms with Gasteiger partial charge in [0.1, 0.15) is 23.6 Å². The summed E-state index contributed by atoms with van der Waals surface area (Å²) in [5.41, 5.74) is -0.636. The summed E-state index contributed by atoms with van der Waals surface area (Å²) in [4.78, 5) is 55.0. The summed E-state index contributed by atoms with van der Waals surface area (Å²) >= 11 is 6.13. The third-order valence-electron chi connectivity index (χ3n) is 6.87. The number of aromatic nitrogens is 1. The van der Waals surface area contributed by atoms with Gasteiger partial charge >= 0.3 is 0 Å². The van der Waals surface area contributed by atoms with Crippen LogP contribution in [0.3, 0.4) is 0 Å². The van der Waals surface area contributed by atoms with Gasteiger partial charge in [-0.25, -0.2) is 8.78 Å². The van der Waals surface area contributed by atoms with Gasteiger partial charge in [0.05, 0.1) is 16.9 Å². The molecule has 0 unspecified atom stereocenters. The van der Waals surface area contributed by atoms with Gasteiger partial charge in [-0.3, -0.25) is 29.5 Å². The Bertz CT molecular complexity index is 1270. The molecule has 8 nitrogen and oxygen atoms in total. The van der Waals surface area contributed by atoms with Crippen LogP contribution >= 0.6 is 11.6 Å². The second-order valence-corrected chi connectivity index (χ2v) is 9.49. The maximum Gasteiger partial charge on any atom is 0.255 e. The maximum absolute atomic E-state index is 15.5. The normalized spacial score (nSPS) is 21.7. The molecule has 0 bridgehead atoms. The van der Waals surface area contributed by atoms with Crippen LogP contribution in [0.4, 0.5) is 8.78 Å². The molecule has 2 atom stereocenters. The molecular formula is C24H21ClF2N4O4. The Morgan fingerprint density at radius 1 is 1.26 bits per heavy atom. The van der Waals surface area contributed by atoms with Crippen molar-refractivity contribution in [1.29, 1.82) is 0 Å². The molecule has 5 rings (SSSR count). The lowest BCUT2D eigenvalue weighted by atomic mass is 9.75. The fraction of sp³-hybridized carbons (Fsp3) is 0.375. The van der Waals surface area contributed by atoms with Crippen molar-refractivity contribution in [1.82, 2.24) is 20.5 Å². The van der Waals surface area contributed by atoms with Crippen molar-refractivity contribution in [3.8, 4) is 0 Å². The van der Waals surface area contributed by atoms with Crippen molar-refractivity contribution in [3.63, 3.8) is 0 Å². The number of pyridine rings is 1. The number of rotatable bonds is 5. The van der Waals surface area contributed by atoms with Gasteiger partial charge in [0.2, 0.25) is 11.8 Å². The number of nitrogens with one attached hydrogen (secondary N) is 2. The minimum Gasteiger partial charge on any atom is -0.340 e. The van der Waals surface area contributed by atoms with Gasteiger partial charge in [0.15, 0.2) is 0 Å². The minimum atomic E-state index is -1.76. The minimum absolute atomic E-state index is 0.0454. The van der Waals surface area contributed by atoms with Crippen LogP contribution in [-0.2, 0) is 16.1 Å². The Balaban J connectivity index is 1.38. The van der Waals surface area contributed by atoms with E-state index in [4.69, 9.17) is 11.6 Å². The molecule has 1 aliphatic carbocycles. The zero-order chi connectivity index (χ0) is 24.9. The number of piperidine rings is 1. The number of halogens is 3. The Morgan fingerprint density at radius 3 is 2.69 bits per heavy atom. The molecule has 3 aliphatic rings. The maximum atomic E-state index is 15.5. The summed E-state index contributed by atoms with van der Waals surface area (Å²) in [5, 5.41) is 4.82. The second kappa shape index (κ2) is 8.67. The van der Waals surface area contributed by atoms with Crippen LogP contribution in [-0.4, -0.2) is 45.2 Å².